The lowest BCUT2D eigenvalue weighted by Gasteiger charge is -2.24. The molecule has 0 aliphatic carbocycles. The molecule has 0 spiro atoms. The van der Waals surface area contributed by atoms with Crippen LogP contribution in [0.25, 0.3) is 0 Å². The lowest BCUT2D eigenvalue weighted by Crippen LogP contribution is -2.35. The van der Waals surface area contributed by atoms with Crippen LogP contribution < -0.4 is 0 Å². The van der Waals surface area contributed by atoms with E-state index in [0.717, 1.165) is 45.7 Å². The van der Waals surface area contributed by atoms with Crippen LogP contribution in [0.4, 0.5) is 0 Å². The van der Waals surface area contributed by atoms with Gasteiger partial charge in [-0.25, -0.2) is 0 Å². The van der Waals surface area contributed by atoms with Crippen LogP contribution in [0.5, 0.6) is 0 Å². The Kier molecular flexibility index (Phi) is 10.8. The van der Waals surface area contributed by atoms with Crippen molar-refractivity contribution < 1.29 is 14.6 Å². The van der Waals surface area contributed by atoms with Crippen LogP contribution in [-0.2, 0) is 9.53 Å². The smallest absolute Gasteiger partial charge is 0.307 e. The first-order chi connectivity index (χ1) is 8.97. The Balaban J connectivity index is 4.02. The van der Waals surface area contributed by atoms with Crippen LogP contribution in [-0.4, -0.2) is 74.4 Å². The van der Waals surface area contributed by atoms with Gasteiger partial charge in [-0.1, -0.05) is 6.92 Å². The molecule has 0 radical (unpaired) electrons. The zero-order chi connectivity index (χ0) is 14.7. The van der Waals surface area contributed by atoms with E-state index in [4.69, 9.17) is 9.84 Å². The second kappa shape index (κ2) is 11.2. The summed E-state index contributed by atoms with van der Waals surface area (Å²) in [6.45, 7) is 8.75. The van der Waals surface area contributed by atoms with E-state index >= 15 is 0 Å². The molecule has 0 aliphatic heterocycles. The molecular formula is C14H30N2O3. The molecule has 1 unspecified atom stereocenters. The van der Waals surface area contributed by atoms with Crippen molar-refractivity contribution in [2.24, 2.45) is 5.92 Å². The molecule has 114 valence electrons. The third-order valence-corrected chi connectivity index (χ3v) is 3.00. The Morgan fingerprint density at radius 2 is 1.84 bits per heavy atom. The maximum atomic E-state index is 10.9. The summed E-state index contributed by atoms with van der Waals surface area (Å²) in [5.74, 6) is -1.03. The average molecular weight is 274 g/mol. The molecule has 1 atom stereocenters. The van der Waals surface area contributed by atoms with Gasteiger partial charge in [0, 0.05) is 26.3 Å². The van der Waals surface area contributed by atoms with Crippen molar-refractivity contribution in [1.82, 2.24) is 9.80 Å². The second-order valence-electron chi connectivity index (χ2n) is 5.25. The monoisotopic (exact) mass is 274 g/mol. The Hall–Kier alpha value is -0.650. The normalized spacial score (nSPS) is 13.2. The molecule has 0 aliphatic rings. The van der Waals surface area contributed by atoms with Gasteiger partial charge in [-0.15, -0.1) is 0 Å². The van der Waals surface area contributed by atoms with E-state index in [9.17, 15) is 4.79 Å². The van der Waals surface area contributed by atoms with Crippen LogP contribution in [0.15, 0.2) is 0 Å². The van der Waals surface area contributed by atoms with Gasteiger partial charge in [-0.3, -0.25) is 4.79 Å². The van der Waals surface area contributed by atoms with Gasteiger partial charge in [0.05, 0.1) is 5.92 Å². The van der Waals surface area contributed by atoms with E-state index in [0.29, 0.717) is 6.54 Å². The molecule has 0 bridgehead atoms. The standard InChI is InChI=1S/C14H30N2O3/c1-5-19-11-7-10-16(9-6-8-15(3)4)12-13(2)14(17)18/h13H,5-12H2,1-4H3,(H,17,18). The van der Waals surface area contributed by atoms with Gasteiger partial charge >= 0.3 is 5.97 Å². The number of carboxylic acids is 1. The first-order valence-electron chi connectivity index (χ1n) is 7.15. The van der Waals surface area contributed by atoms with Gasteiger partial charge < -0.3 is 19.6 Å². The van der Waals surface area contributed by atoms with Crippen LogP contribution >= 0.6 is 0 Å². The van der Waals surface area contributed by atoms with Crippen LogP contribution in [0.2, 0.25) is 0 Å². The second-order valence-corrected chi connectivity index (χ2v) is 5.25. The number of rotatable bonds is 12. The highest BCUT2D eigenvalue weighted by atomic mass is 16.5. The fourth-order valence-electron chi connectivity index (χ4n) is 1.90. The maximum Gasteiger partial charge on any atom is 0.307 e. The summed E-state index contributed by atoms with van der Waals surface area (Å²) in [5.41, 5.74) is 0. The van der Waals surface area contributed by atoms with E-state index in [2.05, 4.69) is 23.9 Å². The summed E-state index contributed by atoms with van der Waals surface area (Å²) in [5, 5.41) is 8.99. The van der Waals surface area contributed by atoms with Crippen LogP contribution in [0, 0.1) is 5.92 Å². The van der Waals surface area contributed by atoms with Crippen molar-refractivity contribution in [3.05, 3.63) is 0 Å². The maximum absolute atomic E-state index is 10.9. The Morgan fingerprint density at radius 3 is 2.37 bits per heavy atom. The SMILES string of the molecule is CCOCCCN(CCCN(C)C)CC(C)C(=O)O. The molecule has 0 saturated carbocycles. The molecule has 0 amide bonds. The highest BCUT2D eigenvalue weighted by molar-refractivity contribution is 5.69. The largest absolute Gasteiger partial charge is 0.481 e. The topological polar surface area (TPSA) is 53.0 Å². The van der Waals surface area contributed by atoms with Crippen LogP contribution in [0.3, 0.4) is 0 Å². The fraction of sp³-hybridized carbons (Fsp3) is 0.929. The van der Waals surface area contributed by atoms with Crippen molar-refractivity contribution in [1.29, 1.82) is 0 Å². The number of carboxylic acid groups (broad SMARTS) is 1. The van der Waals surface area contributed by atoms with Crippen molar-refractivity contribution in [2.45, 2.75) is 26.7 Å². The molecule has 5 nitrogen and oxygen atoms in total. The summed E-state index contributed by atoms with van der Waals surface area (Å²) in [6.07, 6.45) is 2.02. The summed E-state index contributed by atoms with van der Waals surface area (Å²) >= 11 is 0. The first kappa shape index (κ1) is 18.4. The summed E-state index contributed by atoms with van der Waals surface area (Å²) in [6, 6.07) is 0. The predicted octanol–water partition coefficient (Wildman–Crippen LogP) is 1.39. The summed E-state index contributed by atoms with van der Waals surface area (Å²) < 4.78 is 5.33. The van der Waals surface area contributed by atoms with E-state index < -0.39 is 5.97 Å². The van der Waals surface area contributed by atoms with E-state index in [1.165, 1.54) is 0 Å². The minimum atomic E-state index is -0.720. The lowest BCUT2D eigenvalue weighted by molar-refractivity contribution is -0.141. The van der Waals surface area contributed by atoms with Crippen LogP contribution in [0.1, 0.15) is 26.7 Å². The van der Waals surface area contributed by atoms with Gasteiger partial charge in [0.2, 0.25) is 0 Å². The molecule has 0 heterocycles. The zero-order valence-corrected chi connectivity index (χ0v) is 12.9. The van der Waals surface area contributed by atoms with E-state index in [1.807, 2.05) is 6.92 Å². The quantitative estimate of drug-likeness (QED) is 0.545. The number of hydrogen-bond donors (Lipinski definition) is 1. The number of carbonyl (C=O) groups is 1. The Bertz CT molecular complexity index is 235. The van der Waals surface area contributed by atoms with Gasteiger partial charge in [-0.2, -0.15) is 0 Å². The number of nitrogens with zero attached hydrogens (tertiary/aromatic N) is 2. The third kappa shape index (κ3) is 10.9. The summed E-state index contributed by atoms with van der Waals surface area (Å²) in [7, 11) is 4.11. The summed E-state index contributed by atoms with van der Waals surface area (Å²) in [4.78, 5) is 15.3. The zero-order valence-electron chi connectivity index (χ0n) is 12.9. The molecule has 1 N–H and O–H groups in total. The van der Waals surface area contributed by atoms with E-state index in [-0.39, 0.29) is 5.92 Å². The van der Waals surface area contributed by atoms with E-state index in [1.54, 1.807) is 6.92 Å². The minimum absolute atomic E-state index is 0.313. The third-order valence-electron chi connectivity index (χ3n) is 3.00. The number of ether oxygens (including phenoxy) is 1. The molecule has 0 aromatic heterocycles. The molecule has 0 saturated heterocycles. The molecule has 19 heavy (non-hydrogen) atoms. The van der Waals surface area contributed by atoms with Crippen molar-refractivity contribution in [2.75, 3.05) is 53.5 Å². The average Bonchev–Trinajstić information content (AvgIpc) is 2.33. The molecular weight excluding hydrogens is 244 g/mol. The van der Waals surface area contributed by atoms with Gasteiger partial charge in [0.1, 0.15) is 0 Å². The number of aliphatic carboxylic acids is 1. The first-order valence-corrected chi connectivity index (χ1v) is 7.15. The van der Waals surface area contributed by atoms with Gasteiger partial charge in [0.15, 0.2) is 0 Å². The Morgan fingerprint density at radius 1 is 1.21 bits per heavy atom. The molecule has 0 aromatic carbocycles. The molecule has 0 fully saturated rings. The minimum Gasteiger partial charge on any atom is -0.481 e. The van der Waals surface area contributed by atoms with Crippen molar-refractivity contribution >= 4 is 5.97 Å². The fourth-order valence-corrected chi connectivity index (χ4v) is 1.90. The van der Waals surface area contributed by atoms with Crippen molar-refractivity contribution in [3.8, 4) is 0 Å². The number of hydrogen-bond acceptors (Lipinski definition) is 4. The van der Waals surface area contributed by atoms with Gasteiger partial charge in [0.25, 0.3) is 0 Å². The Labute approximate surface area is 117 Å². The predicted molar refractivity (Wildman–Crippen MR) is 77.5 cm³/mol. The molecule has 0 aromatic rings. The molecule has 5 heteroatoms. The highest BCUT2D eigenvalue weighted by Crippen LogP contribution is 2.03. The molecule has 0 rings (SSSR count). The highest BCUT2D eigenvalue weighted by Gasteiger charge is 2.15. The van der Waals surface area contributed by atoms with Gasteiger partial charge in [-0.05, 0) is 47.0 Å². The van der Waals surface area contributed by atoms with Crippen molar-refractivity contribution in [3.63, 3.8) is 0 Å². The lowest BCUT2D eigenvalue weighted by atomic mass is 10.1.